The van der Waals surface area contributed by atoms with E-state index in [4.69, 9.17) is 0 Å². The van der Waals surface area contributed by atoms with Gasteiger partial charge in [0.2, 0.25) is 15.9 Å². The number of carbonyl (C=O) groups is 1. The zero-order valence-corrected chi connectivity index (χ0v) is 18.0. The molecular weight excluding hydrogens is 404 g/mol. The summed E-state index contributed by atoms with van der Waals surface area (Å²) in [6.07, 6.45) is 7.16. The number of benzene rings is 1. The molecule has 1 aromatic carbocycles. The lowest BCUT2D eigenvalue weighted by molar-refractivity contribution is -0.127. The van der Waals surface area contributed by atoms with Gasteiger partial charge in [0.25, 0.3) is 0 Å². The van der Waals surface area contributed by atoms with Gasteiger partial charge in [-0.05, 0) is 66.3 Å². The standard InChI is InChI=1S/C20H28N6O3S/c1-15-4-2-3-5-19(15)22-20(27)16-10-12-25(13-11-16)30(28,29)18-8-6-17(7-9-18)26-14-21-23-24-26/h6-9,14-16,19H,2-5,10-13H2,1H3,(H,22,27)/t15-,19-/m1/s1. The van der Waals surface area contributed by atoms with E-state index in [-0.39, 0.29) is 22.8 Å². The highest BCUT2D eigenvalue weighted by molar-refractivity contribution is 7.89. The van der Waals surface area contributed by atoms with Crippen LogP contribution in [0, 0.1) is 11.8 Å². The van der Waals surface area contributed by atoms with E-state index in [1.807, 2.05) is 0 Å². The van der Waals surface area contributed by atoms with Gasteiger partial charge < -0.3 is 5.32 Å². The minimum absolute atomic E-state index is 0.0802. The van der Waals surface area contributed by atoms with Crippen LogP contribution in [0.5, 0.6) is 0 Å². The summed E-state index contributed by atoms with van der Waals surface area (Å²) in [5.74, 6) is 0.476. The van der Waals surface area contributed by atoms with Crippen molar-refractivity contribution in [3.05, 3.63) is 30.6 Å². The van der Waals surface area contributed by atoms with Gasteiger partial charge in [-0.1, -0.05) is 19.8 Å². The van der Waals surface area contributed by atoms with E-state index in [0.29, 0.717) is 37.5 Å². The maximum Gasteiger partial charge on any atom is 0.243 e. The second-order valence-corrected chi connectivity index (χ2v) is 10.2. The van der Waals surface area contributed by atoms with Gasteiger partial charge in [-0.15, -0.1) is 5.10 Å². The number of hydrogen-bond acceptors (Lipinski definition) is 6. The van der Waals surface area contributed by atoms with Crippen molar-refractivity contribution in [2.24, 2.45) is 11.8 Å². The molecule has 1 aromatic heterocycles. The van der Waals surface area contributed by atoms with Crippen molar-refractivity contribution in [2.75, 3.05) is 13.1 Å². The lowest BCUT2D eigenvalue weighted by Gasteiger charge is -2.34. The molecule has 0 unspecified atom stereocenters. The van der Waals surface area contributed by atoms with E-state index in [1.54, 1.807) is 24.3 Å². The highest BCUT2D eigenvalue weighted by Crippen LogP contribution is 2.27. The number of amides is 1. The normalized spacial score (nSPS) is 23.9. The summed E-state index contributed by atoms with van der Waals surface area (Å²) < 4.78 is 28.9. The number of carbonyl (C=O) groups excluding carboxylic acids is 1. The Hall–Kier alpha value is -2.33. The first-order valence-electron chi connectivity index (χ1n) is 10.6. The number of piperidine rings is 1. The van der Waals surface area contributed by atoms with Crippen molar-refractivity contribution in [2.45, 2.75) is 56.4 Å². The third-order valence-corrected chi connectivity index (χ3v) is 8.26. The van der Waals surface area contributed by atoms with Crippen LogP contribution in [0.1, 0.15) is 45.4 Å². The van der Waals surface area contributed by atoms with E-state index in [1.165, 1.54) is 21.7 Å². The molecule has 2 fully saturated rings. The highest BCUT2D eigenvalue weighted by Gasteiger charge is 2.33. The summed E-state index contributed by atoms with van der Waals surface area (Å²) >= 11 is 0. The minimum Gasteiger partial charge on any atom is -0.353 e. The quantitative estimate of drug-likeness (QED) is 0.771. The molecular formula is C20H28N6O3S. The van der Waals surface area contributed by atoms with Gasteiger partial charge in [0.05, 0.1) is 10.6 Å². The molecule has 2 aromatic rings. The number of rotatable bonds is 5. The van der Waals surface area contributed by atoms with Crippen LogP contribution in [0.4, 0.5) is 0 Å². The first-order valence-corrected chi connectivity index (χ1v) is 12.0. The summed E-state index contributed by atoms with van der Waals surface area (Å²) in [4.78, 5) is 12.9. The largest absolute Gasteiger partial charge is 0.353 e. The Morgan fingerprint density at radius 2 is 1.77 bits per heavy atom. The van der Waals surface area contributed by atoms with Crippen molar-refractivity contribution in [1.82, 2.24) is 29.8 Å². The number of tetrazole rings is 1. The zero-order valence-electron chi connectivity index (χ0n) is 17.1. The lowest BCUT2D eigenvalue weighted by Crippen LogP contribution is -2.47. The van der Waals surface area contributed by atoms with Crippen molar-refractivity contribution < 1.29 is 13.2 Å². The van der Waals surface area contributed by atoms with Gasteiger partial charge >= 0.3 is 0 Å². The highest BCUT2D eigenvalue weighted by atomic mass is 32.2. The van der Waals surface area contributed by atoms with Gasteiger partial charge in [-0.2, -0.15) is 4.31 Å². The summed E-state index contributed by atoms with van der Waals surface area (Å²) in [7, 11) is -3.59. The van der Waals surface area contributed by atoms with Crippen LogP contribution in [-0.2, 0) is 14.8 Å². The summed E-state index contributed by atoms with van der Waals surface area (Å²) in [6.45, 7) is 2.91. The molecule has 2 heterocycles. The Morgan fingerprint density at radius 3 is 2.40 bits per heavy atom. The summed E-state index contributed by atoms with van der Waals surface area (Å²) in [6, 6.07) is 6.74. The van der Waals surface area contributed by atoms with Crippen molar-refractivity contribution in [3.8, 4) is 5.69 Å². The summed E-state index contributed by atoms with van der Waals surface area (Å²) in [5.41, 5.74) is 0.686. The zero-order chi connectivity index (χ0) is 21.1. The van der Waals surface area contributed by atoms with E-state index < -0.39 is 10.0 Å². The molecule has 1 N–H and O–H groups in total. The van der Waals surface area contributed by atoms with Crippen LogP contribution in [0.2, 0.25) is 0 Å². The maximum atomic E-state index is 13.0. The van der Waals surface area contributed by atoms with Gasteiger partial charge in [0.15, 0.2) is 0 Å². The van der Waals surface area contributed by atoms with Crippen LogP contribution >= 0.6 is 0 Å². The van der Waals surface area contributed by atoms with Crippen LogP contribution in [0.3, 0.4) is 0 Å². The predicted molar refractivity (Wildman–Crippen MR) is 110 cm³/mol. The number of nitrogens with zero attached hydrogens (tertiary/aromatic N) is 5. The number of aromatic nitrogens is 4. The Morgan fingerprint density at radius 1 is 1.07 bits per heavy atom. The third kappa shape index (κ3) is 4.39. The predicted octanol–water partition coefficient (Wildman–Crippen LogP) is 1.76. The van der Waals surface area contributed by atoms with Gasteiger partial charge in [-0.25, -0.2) is 13.1 Å². The fourth-order valence-electron chi connectivity index (χ4n) is 4.39. The lowest BCUT2D eigenvalue weighted by atomic mass is 9.85. The molecule has 30 heavy (non-hydrogen) atoms. The molecule has 9 nitrogen and oxygen atoms in total. The average Bonchev–Trinajstić information content (AvgIpc) is 3.30. The van der Waals surface area contributed by atoms with E-state index >= 15 is 0 Å². The molecule has 1 amide bonds. The average molecular weight is 433 g/mol. The van der Waals surface area contributed by atoms with Crippen molar-refractivity contribution in [3.63, 3.8) is 0 Å². The fraction of sp³-hybridized carbons (Fsp3) is 0.600. The van der Waals surface area contributed by atoms with Crippen LogP contribution in [-0.4, -0.2) is 58.0 Å². The maximum absolute atomic E-state index is 13.0. The van der Waals surface area contributed by atoms with Gasteiger partial charge in [-0.3, -0.25) is 4.79 Å². The topological polar surface area (TPSA) is 110 Å². The molecule has 0 radical (unpaired) electrons. The SMILES string of the molecule is C[C@@H]1CCCC[C@H]1NC(=O)C1CCN(S(=O)(=O)c2ccc(-n3cnnn3)cc2)CC1. The molecule has 2 atom stereocenters. The fourth-order valence-corrected chi connectivity index (χ4v) is 5.86. The molecule has 4 rings (SSSR count). The molecule has 1 aliphatic carbocycles. The van der Waals surface area contributed by atoms with E-state index in [0.717, 1.165) is 19.3 Å². The van der Waals surface area contributed by atoms with Crippen molar-refractivity contribution >= 4 is 15.9 Å². The Balaban J connectivity index is 1.35. The third-order valence-electron chi connectivity index (χ3n) is 6.35. The second kappa shape index (κ2) is 8.81. The Kier molecular flexibility index (Phi) is 6.14. The summed E-state index contributed by atoms with van der Waals surface area (Å²) in [5, 5.41) is 14.2. The molecule has 10 heteroatoms. The molecule has 1 aliphatic heterocycles. The first-order chi connectivity index (χ1) is 14.4. The van der Waals surface area contributed by atoms with Crippen LogP contribution in [0.15, 0.2) is 35.5 Å². The monoisotopic (exact) mass is 432 g/mol. The number of nitrogens with one attached hydrogen (secondary N) is 1. The molecule has 2 aliphatic rings. The molecule has 0 bridgehead atoms. The molecule has 1 saturated carbocycles. The minimum atomic E-state index is -3.59. The first kappa shape index (κ1) is 20.9. The Bertz CT molecular complexity index is 953. The van der Waals surface area contributed by atoms with Gasteiger partial charge in [0.1, 0.15) is 6.33 Å². The molecule has 1 saturated heterocycles. The second-order valence-electron chi connectivity index (χ2n) is 8.30. The molecule has 162 valence electrons. The number of hydrogen-bond donors (Lipinski definition) is 1. The smallest absolute Gasteiger partial charge is 0.243 e. The number of sulfonamides is 1. The van der Waals surface area contributed by atoms with Crippen LogP contribution in [0.25, 0.3) is 5.69 Å². The molecule has 0 spiro atoms. The Labute approximate surface area is 176 Å². The van der Waals surface area contributed by atoms with Gasteiger partial charge in [0, 0.05) is 25.0 Å². The van der Waals surface area contributed by atoms with Crippen molar-refractivity contribution in [1.29, 1.82) is 0 Å². The van der Waals surface area contributed by atoms with Crippen LogP contribution < -0.4 is 5.32 Å². The van der Waals surface area contributed by atoms with E-state index in [2.05, 4.69) is 27.8 Å². The van der Waals surface area contributed by atoms with E-state index in [9.17, 15) is 13.2 Å².